The molecule has 0 unspecified atom stereocenters. The third-order valence-corrected chi connectivity index (χ3v) is 2.60. The Hall–Kier alpha value is -0.780. The van der Waals surface area contributed by atoms with Crippen molar-refractivity contribution in [3.8, 4) is 0 Å². The van der Waals surface area contributed by atoms with Gasteiger partial charge in [0.2, 0.25) is 0 Å². The molecule has 0 heterocycles. The average molecular weight is 189 g/mol. The van der Waals surface area contributed by atoms with E-state index in [1.807, 2.05) is 0 Å². The zero-order valence-electron chi connectivity index (χ0n) is 9.42. The Balaban J connectivity index is 2.34. The summed E-state index contributed by atoms with van der Waals surface area (Å²) in [7, 11) is 0. The summed E-state index contributed by atoms with van der Waals surface area (Å²) in [4.78, 5) is 0. The summed E-state index contributed by atoms with van der Waals surface area (Å²) < 4.78 is 0. The Kier molecular flexibility index (Phi) is 5.36. The van der Waals surface area contributed by atoms with Crippen LogP contribution in [0.3, 0.4) is 0 Å². The van der Waals surface area contributed by atoms with Crippen molar-refractivity contribution in [2.24, 2.45) is 0 Å². The monoisotopic (exact) mass is 189 g/mol. The maximum atomic E-state index is 2.30. The fourth-order valence-electron chi connectivity index (χ4n) is 1.68. The number of hydrogen-bond donors (Lipinski definition) is 0. The van der Waals surface area contributed by atoms with Gasteiger partial charge in [-0.05, 0) is 30.4 Å². The van der Waals surface area contributed by atoms with Gasteiger partial charge in [0.25, 0.3) is 0 Å². The predicted molar refractivity (Wildman–Crippen MR) is 63.4 cm³/mol. The van der Waals surface area contributed by atoms with Crippen LogP contribution in [0.1, 0.15) is 50.7 Å². The highest BCUT2D eigenvalue weighted by molar-refractivity contribution is 5.27. The molecule has 0 aromatic heterocycles. The van der Waals surface area contributed by atoms with Crippen LogP contribution in [0.4, 0.5) is 0 Å². The first-order valence-electron chi connectivity index (χ1n) is 5.75. The van der Waals surface area contributed by atoms with Gasteiger partial charge >= 0.3 is 0 Å². The molecule has 0 saturated carbocycles. The molecule has 0 atom stereocenters. The summed E-state index contributed by atoms with van der Waals surface area (Å²) in [6.07, 6.45) is 8.80. The summed E-state index contributed by atoms with van der Waals surface area (Å²) in [6, 6.07) is 8.85. The quantitative estimate of drug-likeness (QED) is 0.582. The van der Waals surface area contributed by atoms with Crippen LogP contribution >= 0.6 is 0 Å². The molecule has 77 valence electrons. The molecular weight excluding hydrogens is 168 g/mol. The van der Waals surface area contributed by atoms with Crippen LogP contribution < -0.4 is 0 Å². The third-order valence-electron chi connectivity index (χ3n) is 2.60. The van der Waals surface area contributed by atoms with Gasteiger partial charge < -0.3 is 0 Å². The molecule has 0 heteroatoms. The molecule has 1 radical (unpaired) electrons. The molecule has 0 spiro atoms. The van der Waals surface area contributed by atoms with Gasteiger partial charge in [-0.15, -0.1) is 0 Å². The minimum absolute atomic E-state index is 1.24. The first-order chi connectivity index (χ1) is 6.86. The van der Waals surface area contributed by atoms with E-state index in [4.69, 9.17) is 0 Å². The van der Waals surface area contributed by atoms with Gasteiger partial charge in [-0.3, -0.25) is 0 Å². The fraction of sp³-hybridized carbons (Fsp3) is 0.500. The minimum atomic E-state index is 1.24. The Morgan fingerprint density at radius 3 is 2.71 bits per heavy atom. The Bertz CT molecular complexity index is 250. The summed E-state index contributed by atoms with van der Waals surface area (Å²) in [5.41, 5.74) is 2.83. The third kappa shape index (κ3) is 3.95. The first kappa shape index (κ1) is 11.3. The molecule has 1 rings (SSSR count). The highest BCUT2D eigenvalue weighted by Crippen LogP contribution is 2.11. The maximum absolute atomic E-state index is 2.30. The predicted octanol–water partition coefficient (Wildman–Crippen LogP) is 4.38. The van der Waals surface area contributed by atoms with E-state index in [9.17, 15) is 0 Å². The van der Waals surface area contributed by atoms with Crippen molar-refractivity contribution in [3.63, 3.8) is 0 Å². The van der Waals surface area contributed by atoms with Crippen molar-refractivity contribution >= 4 is 0 Å². The number of unbranched alkanes of at least 4 members (excludes halogenated alkanes) is 3. The van der Waals surface area contributed by atoms with Crippen LogP contribution in [0, 0.1) is 6.42 Å². The molecular formula is C14H21. The Labute approximate surface area is 88.4 Å². The largest absolute Gasteiger partial charge is 0.0654 e. The van der Waals surface area contributed by atoms with Gasteiger partial charge in [0.05, 0.1) is 0 Å². The van der Waals surface area contributed by atoms with E-state index < -0.39 is 0 Å². The van der Waals surface area contributed by atoms with Crippen LogP contribution in [-0.4, -0.2) is 0 Å². The molecule has 14 heavy (non-hydrogen) atoms. The van der Waals surface area contributed by atoms with E-state index in [1.54, 1.807) is 0 Å². The second-order valence-electron chi connectivity index (χ2n) is 3.84. The number of benzene rings is 1. The van der Waals surface area contributed by atoms with Gasteiger partial charge in [0, 0.05) is 0 Å². The van der Waals surface area contributed by atoms with Crippen molar-refractivity contribution in [1.29, 1.82) is 0 Å². The van der Waals surface area contributed by atoms with Crippen LogP contribution in [0.25, 0.3) is 0 Å². The zero-order chi connectivity index (χ0) is 10.2. The van der Waals surface area contributed by atoms with E-state index in [0.717, 1.165) is 0 Å². The second kappa shape index (κ2) is 6.64. The van der Waals surface area contributed by atoms with Crippen LogP contribution in [-0.2, 0) is 6.42 Å². The average Bonchev–Trinajstić information content (AvgIpc) is 2.25. The molecule has 1 aromatic carbocycles. The lowest BCUT2D eigenvalue weighted by atomic mass is 10.0. The Morgan fingerprint density at radius 2 is 2.00 bits per heavy atom. The van der Waals surface area contributed by atoms with Gasteiger partial charge in [0.15, 0.2) is 0 Å². The maximum Gasteiger partial charge on any atom is -0.0124 e. The van der Waals surface area contributed by atoms with Crippen molar-refractivity contribution in [2.45, 2.75) is 46.0 Å². The van der Waals surface area contributed by atoms with Gasteiger partial charge in [0.1, 0.15) is 0 Å². The SMILES string of the molecule is C[CH]c1cccc(CCCCCC)c1. The molecule has 0 N–H and O–H groups in total. The summed E-state index contributed by atoms with van der Waals surface area (Å²) in [5, 5.41) is 0. The first-order valence-corrected chi connectivity index (χ1v) is 5.75. The highest BCUT2D eigenvalue weighted by atomic mass is 14.0. The summed E-state index contributed by atoms with van der Waals surface area (Å²) in [6.45, 7) is 4.35. The Morgan fingerprint density at radius 1 is 1.14 bits per heavy atom. The standard InChI is InChI=1S/C14H21/c1-3-5-6-7-9-14-11-8-10-13(4-2)12-14/h4,8,10-12H,3,5-7,9H2,1-2H3. The summed E-state index contributed by atoms with van der Waals surface area (Å²) in [5.74, 6) is 0. The molecule has 0 aliphatic heterocycles. The molecule has 0 saturated heterocycles. The molecule has 0 aliphatic rings. The number of hydrogen-bond acceptors (Lipinski definition) is 0. The van der Waals surface area contributed by atoms with E-state index in [2.05, 4.69) is 44.5 Å². The van der Waals surface area contributed by atoms with E-state index >= 15 is 0 Å². The van der Waals surface area contributed by atoms with E-state index in [1.165, 1.54) is 43.2 Å². The van der Waals surface area contributed by atoms with Crippen molar-refractivity contribution < 1.29 is 0 Å². The van der Waals surface area contributed by atoms with Gasteiger partial charge in [-0.1, -0.05) is 57.4 Å². The molecule has 0 bridgehead atoms. The molecule has 0 fully saturated rings. The van der Waals surface area contributed by atoms with Gasteiger partial charge in [-0.25, -0.2) is 0 Å². The van der Waals surface area contributed by atoms with Gasteiger partial charge in [-0.2, -0.15) is 0 Å². The summed E-state index contributed by atoms with van der Waals surface area (Å²) >= 11 is 0. The van der Waals surface area contributed by atoms with E-state index in [0.29, 0.717) is 0 Å². The van der Waals surface area contributed by atoms with Crippen molar-refractivity contribution in [3.05, 3.63) is 41.8 Å². The molecule has 0 aliphatic carbocycles. The number of aryl methyl sites for hydroxylation is 1. The smallest absolute Gasteiger partial charge is 0.0124 e. The van der Waals surface area contributed by atoms with Crippen LogP contribution in [0.15, 0.2) is 24.3 Å². The van der Waals surface area contributed by atoms with Crippen LogP contribution in [0.2, 0.25) is 0 Å². The second-order valence-corrected chi connectivity index (χ2v) is 3.84. The molecule has 1 aromatic rings. The lowest BCUT2D eigenvalue weighted by molar-refractivity contribution is 0.667. The van der Waals surface area contributed by atoms with Crippen molar-refractivity contribution in [2.75, 3.05) is 0 Å². The van der Waals surface area contributed by atoms with E-state index in [-0.39, 0.29) is 0 Å². The van der Waals surface area contributed by atoms with Crippen molar-refractivity contribution in [1.82, 2.24) is 0 Å². The zero-order valence-corrected chi connectivity index (χ0v) is 9.42. The molecule has 0 nitrogen and oxygen atoms in total. The normalized spacial score (nSPS) is 10.4. The lowest BCUT2D eigenvalue weighted by Crippen LogP contribution is -1.87. The van der Waals surface area contributed by atoms with Crippen LogP contribution in [0.5, 0.6) is 0 Å². The topological polar surface area (TPSA) is 0 Å². The lowest BCUT2D eigenvalue weighted by Gasteiger charge is -2.03. The number of rotatable bonds is 6. The minimum Gasteiger partial charge on any atom is -0.0654 e. The molecule has 0 amide bonds. The fourth-order valence-corrected chi connectivity index (χ4v) is 1.68. The highest BCUT2D eigenvalue weighted by Gasteiger charge is 1.94.